The van der Waals surface area contributed by atoms with E-state index in [1.807, 2.05) is 13.8 Å². The third kappa shape index (κ3) is 4.58. The predicted molar refractivity (Wildman–Crippen MR) is 70.4 cm³/mol. The fraction of sp³-hybridized carbons (Fsp3) is 0.545. The maximum atomic E-state index is 5.97. The van der Waals surface area contributed by atoms with Gasteiger partial charge in [0.25, 0.3) is 0 Å². The molecule has 0 aliphatic heterocycles. The number of pyridine rings is 1. The van der Waals surface area contributed by atoms with Crippen molar-refractivity contribution in [3.05, 3.63) is 16.1 Å². The van der Waals surface area contributed by atoms with Crippen LogP contribution in [-0.2, 0) is 4.74 Å². The summed E-state index contributed by atoms with van der Waals surface area (Å²) in [7, 11) is 0. The summed E-state index contributed by atoms with van der Waals surface area (Å²) >= 11 is 11.9. The highest BCUT2D eigenvalue weighted by Crippen LogP contribution is 2.30. The van der Waals surface area contributed by atoms with E-state index in [1.165, 1.54) is 0 Å². The van der Waals surface area contributed by atoms with Crippen molar-refractivity contribution in [2.24, 2.45) is 0 Å². The first-order chi connectivity index (χ1) is 8.19. The fourth-order valence-electron chi connectivity index (χ4n) is 1.18. The van der Waals surface area contributed by atoms with Gasteiger partial charge in [-0.2, -0.15) is 4.98 Å². The molecule has 0 atom stereocenters. The molecule has 17 heavy (non-hydrogen) atoms. The summed E-state index contributed by atoms with van der Waals surface area (Å²) in [4.78, 5) is 4.21. The van der Waals surface area contributed by atoms with Crippen LogP contribution in [0.25, 0.3) is 0 Å². The molecule has 0 fully saturated rings. The largest absolute Gasteiger partial charge is 0.474 e. The summed E-state index contributed by atoms with van der Waals surface area (Å²) in [5.74, 6) is 0.941. The summed E-state index contributed by atoms with van der Waals surface area (Å²) in [6.07, 6.45) is 0. The molecule has 0 bridgehead atoms. The zero-order valence-corrected chi connectivity index (χ0v) is 11.4. The van der Waals surface area contributed by atoms with Gasteiger partial charge in [-0.15, -0.1) is 0 Å². The molecule has 0 spiro atoms. The Morgan fingerprint density at radius 3 is 2.65 bits per heavy atom. The molecule has 0 aliphatic rings. The highest BCUT2D eigenvalue weighted by Gasteiger charge is 2.09. The standard InChI is InChI=1S/C11H16Cl2N2O2/c1-3-14-10-8(12)7-9(13)11(15-10)17-6-5-16-4-2/h7H,3-6H2,1-2H3,(H,14,15). The van der Waals surface area contributed by atoms with Crippen LogP contribution in [0.1, 0.15) is 13.8 Å². The minimum absolute atomic E-state index is 0.367. The van der Waals surface area contributed by atoms with Gasteiger partial charge in [0.05, 0.1) is 11.6 Å². The highest BCUT2D eigenvalue weighted by molar-refractivity contribution is 6.36. The van der Waals surface area contributed by atoms with E-state index >= 15 is 0 Å². The third-order valence-electron chi connectivity index (χ3n) is 1.91. The number of aromatic nitrogens is 1. The molecule has 4 nitrogen and oxygen atoms in total. The summed E-state index contributed by atoms with van der Waals surface area (Å²) in [6.45, 7) is 6.20. The van der Waals surface area contributed by atoms with Crippen LogP contribution in [0, 0.1) is 0 Å². The smallest absolute Gasteiger partial charge is 0.234 e. The molecular formula is C11H16Cl2N2O2. The highest BCUT2D eigenvalue weighted by atomic mass is 35.5. The number of anilines is 1. The van der Waals surface area contributed by atoms with Crippen LogP contribution in [0.4, 0.5) is 5.82 Å². The summed E-state index contributed by atoms with van der Waals surface area (Å²) in [6, 6.07) is 1.62. The minimum Gasteiger partial charge on any atom is -0.474 e. The Bertz CT molecular complexity index is 362. The van der Waals surface area contributed by atoms with Gasteiger partial charge in [0.1, 0.15) is 17.4 Å². The average molecular weight is 279 g/mol. The quantitative estimate of drug-likeness (QED) is 0.778. The van der Waals surface area contributed by atoms with E-state index in [0.29, 0.717) is 41.6 Å². The Kier molecular flexibility index (Phi) is 6.40. The fourth-order valence-corrected chi connectivity index (χ4v) is 1.66. The van der Waals surface area contributed by atoms with Crippen LogP contribution in [0.2, 0.25) is 10.0 Å². The van der Waals surface area contributed by atoms with Crippen molar-refractivity contribution < 1.29 is 9.47 Å². The summed E-state index contributed by atoms with van der Waals surface area (Å²) in [5.41, 5.74) is 0. The topological polar surface area (TPSA) is 43.4 Å². The second-order valence-electron chi connectivity index (χ2n) is 3.18. The van der Waals surface area contributed by atoms with Crippen LogP contribution >= 0.6 is 23.2 Å². The molecule has 0 aliphatic carbocycles. The Labute approximate surface area is 111 Å². The summed E-state index contributed by atoms with van der Waals surface area (Å²) in [5, 5.41) is 3.91. The predicted octanol–water partition coefficient (Wildman–Crippen LogP) is 3.24. The Balaban J connectivity index is 2.66. The molecule has 1 aromatic rings. The molecule has 6 heteroatoms. The van der Waals surface area contributed by atoms with Crippen LogP contribution in [0.5, 0.6) is 5.88 Å². The van der Waals surface area contributed by atoms with Crippen molar-refractivity contribution in [2.45, 2.75) is 13.8 Å². The Morgan fingerprint density at radius 1 is 1.24 bits per heavy atom. The van der Waals surface area contributed by atoms with Gasteiger partial charge >= 0.3 is 0 Å². The maximum absolute atomic E-state index is 5.97. The molecule has 0 radical (unpaired) electrons. The maximum Gasteiger partial charge on any atom is 0.234 e. The van der Waals surface area contributed by atoms with E-state index in [-0.39, 0.29) is 0 Å². The van der Waals surface area contributed by atoms with Crippen LogP contribution in [0.3, 0.4) is 0 Å². The zero-order chi connectivity index (χ0) is 12.7. The molecule has 0 saturated heterocycles. The first-order valence-electron chi connectivity index (χ1n) is 5.49. The molecule has 96 valence electrons. The number of hydrogen-bond donors (Lipinski definition) is 1. The van der Waals surface area contributed by atoms with Crippen molar-refractivity contribution in [3.8, 4) is 5.88 Å². The van der Waals surface area contributed by atoms with Gasteiger partial charge in [0.15, 0.2) is 0 Å². The second-order valence-corrected chi connectivity index (χ2v) is 4.00. The van der Waals surface area contributed by atoms with Gasteiger partial charge in [-0.3, -0.25) is 0 Å². The molecular weight excluding hydrogens is 263 g/mol. The van der Waals surface area contributed by atoms with Crippen molar-refractivity contribution in [1.29, 1.82) is 0 Å². The number of rotatable bonds is 7. The molecule has 0 unspecified atom stereocenters. The van der Waals surface area contributed by atoms with E-state index < -0.39 is 0 Å². The zero-order valence-electron chi connectivity index (χ0n) is 9.93. The molecule has 1 heterocycles. The van der Waals surface area contributed by atoms with Crippen molar-refractivity contribution >= 4 is 29.0 Å². The number of halogens is 2. The van der Waals surface area contributed by atoms with Gasteiger partial charge in [-0.05, 0) is 19.9 Å². The Morgan fingerprint density at radius 2 is 2.00 bits per heavy atom. The normalized spacial score (nSPS) is 10.4. The molecule has 1 rings (SSSR count). The van der Waals surface area contributed by atoms with Gasteiger partial charge in [-0.25, -0.2) is 0 Å². The molecule has 0 amide bonds. The Hall–Kier alpha value is -0.710. The number of ether oxygens (including phenoxy) is 2. The number of nitrogens with zero attached hydrogens (tertiary/aromatic N) is 1. The van der Waals surface area contributed by atoms with Crippen molar-refractivity contribution in [1.82, 2.24) is 4.98 Å². The van der Waals surface area contributed by atoms with Gasteiger partial charge in [0.2, 0.25) is 5.88 Å². The lowest BCUT2D eigenvalue weighted by Gasteiger charge is -2.10. The lowest BCUT2D eigenvalue weighted by molar-refractivity contribution is 0.108. The first-order valence-corrected chi connectivity index (χ1v) is 6.25. The van der Waals surface area contributed by atoms with E-state index in [9.17, 15) is 0 Å². The lowest BCUT2D eigenvalue weighted by Crippen LogP contribution is -2.09. The van der Waals surface area contributed by atoms with Crippen LogP contribution in [0.15, 0.2) is 6.07 Å². The van der Waals surface area contributed by atoms with Crippen molar-refractivity contribution in [2.75, 3.05) is 31.7 Å². The molecule has 0 aromatic carbocycles. The van der Waals surface area contributed by atoms with Gasteiger partial charge in [0, 0.05) is 13.2 Å². The van der Waals surface area contributed by atoms with Gasteiger partial charge in [-0.1, -0.05) is 23.2 Å². The average Bonchev–Trinajstić information content (AvgIpc) is 2.30. The minimum atomic E-state index is 0.367. The lowest BCUT2D eigenvalue weighted by atomic mass is 10.4. The van der Waals surface area contributed by atoms with E-state index in [2.05, 4.69) is 10.3 Å². The van der Waals surface area contributed by atoms with Gasteiger partial charge < -0.3 is 14.8 Å². The third-order valence-corrected chi connectivity index (χ3v) is 2.47. The molecule has 1 aromatic heterocycles. The number of hydrogen-bond acceptors (Lipinski definition) is 4. The SMILES string of the molecule is CCNc1nc(OCCOCC)c(Cl)cc1Cl. The van der Waals surface area contributed by atoms with E-state index in [0.717, 1.165) is 6.54 Å². The number of nitrogens with one attached hydrogen (secondary N) is 1. The molecule has 1 N–H and O–H groups in total. The second kappa shape index (κ2) is 7.58. The first kappa shape index (κ1) is 14.4. The van der Waals surface area contributed by atoms with E-state index in [4.69, 9.17) is 32.7 Å². The van der Waals surface area contributed by atoms with E-state index in [1.54, 1.807) is 6.07 Å². The van der Waals surface area contributed by atoms with Crippen LogP contribution in [-0.4, -0.2) is 31.3 Å². The molecule has 0 saturated carbocycles. The van der Waals surface area contributed by atoms with Crippen molar-refractivity contribution in [3.63, 3.8) is 0 Å². The summed E-state index contributed by atoms with van der Waals surface area (Å²) < 4.78 is 10.6. The van der Waals surface area contributed by atoms with Crippen LogP contribution < -0.4 is 10.1 Å². The monoisotopic (exact) mass is 278 g/mol.